The van der Waals surface area contributed by atoms with E-state index in [0.717, 1.165) is 12.8 Å². The van der Waals surface area contributed by atoms with E-state index in [4.69, 9.17) is 0 Å². The minimum absolute atomic E-state index is 0.122. The van der Waals surface area contributed by atoms with E-state index >= 15 is 0 Å². The summed E-state index contributed by atoms with van der Waals surface area (Å²) < 4.78 is 0. The van der Waals surface area contributed by atoms with Crippen LogP contribution in [0.15, 0.2) is 12.7 Å². The zero-order valence-corrected chi connectivity index (χ0v) is 9.74. The molecule has 90 valence electrons. The van der Waals surface area contributed by atoms with Crippen molar-refractivity contribution in [3.63, 3.8) is 0 Å². The average molecular weight is 225 g/mol. The predicted octanol–water partition coefficient (Wildman–Crippen LogP) is 1.81. The van der Waals surface area contributed by atoms with Gasteiger partial charge in [-0.15, -0.1) is 6.58 Å². The molecule has 0 aromatic rings. The Kier molecular flexibility index (Phi) is 4.10. The van der Waals surface area contributed by atoms with Gasteiger partial charge in [-0.3, -0.25) is 4.79 Å². The van der Waals surface area contributed by atoms with E-state index in [1.807, 2.05) is 6.92 Å². The topological polar surface area (TPSA) is 57.6 Å². The summed E-state index contributed by atoms with van der Waals surface area (Å²) in [6, 6.07) is 0. The Balaban J connectivity index is 2.93. The van der Waals surface area contributed by atoms with Crippen LogP contribution in [0.4, 0.5) is 0 Å². The highest BCUT2D eigenvalue weighted by molar-refractivity contribution is 5.88. The first-order valence-corrected chi connectivity index (χ1v) is 5.73. The number of carboxylic acids is 1. The standard InChI is InChI=1S/C12H19NO3/c1-3-6-10(14)13-9-5-8-12(13,7-4-2)11(15)16/h3H,1,4-9H2,2H3,(H,15,16). The highest BCUT2D eigenvalue weighted by Crippen LogP contribution is 2.34. The molecule has 1 aliphatic rings. The summed E-state index contributed by atoms with van der Waals surface area (Å²) in [7, 11) is 0. The number of nitrogens with zero attached hydrogens (tertiary/aromatic N) is 1. The van der Waals surface area contributed by atoms with Crippen molar-refractivity contribution in [1.82, 2.24) is 4.90 Å². The van der Waals surface area contributed by atoms with Crippen molar-refractivity contribution in [1.29, 1.82) is 0 Å². The van der Waals surface area contributed by atoms with Gasteiger partial charge in [0.1, 0.15) is 5.54 Å². The van der Waals surface area contributed by atoms with E-state index < -0.39 is 11.5 Å². The van der Waals surface area contributed by atoms with Crippen LogP contribution in [-0.2, 0) is 9.59 Å². The third kappa shape index (κ3) is 2.10. The second-order valence-corrected chi connectivity index (χ2v) is 4.23. The molecule has 0 bridgehead atoms. The van der Waals surface area contributed by atoms with Gasteiger partial charge in [0.2, 0.25) is 5.91 Å². The summed E-state index contributed by atoms with van der Waals surface area (Å²) in [5, 5.41) is 9.36. The summed E-state index contributed by atoms with van der Waals surface area (Å²) in [5.41, 5.74) is -0.963. The van der Waals surface area contributed by atoms with Crippen LogP contribution >= 0.6 is 0 Å². The largest absolute Gasteiger partial charge is 0.479 e. The normalized spacial score (nSPS) is 24.4. The second-order valence-electron chi connectivity index (χ2n) is 4.23. The number of carboxylic acid groups (broad SMARTS) is 1. The molecule has 0 spiro atoms. The van der Waals surface area contributed by atoms with Gasteiger partial charge in [-0.1, -0.05) is 19.4 Å². The van der Waals surface area contributed by atoms with Crippen LogP contribution in [0.25, 0.3) is 0 Å². The molecule has 1 fully saturated rings. The van der Waals surface area contributed by atoms with Gasteiger partial charge in [-0.05, 0) is 19.3 Å². The van der Waals surface area contributed by atoms with Crippen molar-refractivity contribution in [2.24, 2.45) is 0 Å². The highest BCUT2D eigenvalue weighted by Gasteiger charge is 2.48. The summed E-state index contributed by atoms with van der Waals surface area (Å²) in [6.07, 6.45) is 4.39. The molecular formula is C12H19NO3. The first kappa shape index (κ1) is 12.7. The maximum Gasteiger partial charge on any atom is 0.329 e. The Labute approximate surface area is 95.9 Å². The van der Waals surface area contributed by atoms with E-state index in [2.05, 4.69) is 6.58 Å². The Bertz CT molecular complexity index is 301. The molecule has 1 N–H and O–H groups in total. The molecule has 0 radical (unpaired) electrons. The van der Waals surface area contributed by atoms with Gasteiger partial charge in [0.25, 0.3) is 0 Å². The fraction of sp³-hybridized carbons (Fsp3) is 0.667. The molecule has 0 aliphatic carbocycles. The quantitative estimate of drug-likeness (QED) is 0.726. The molecule has 1 unspecified atom stereocenters. The van der Waals surface area contributed by atoms with E-state index in [9.17, 15) is 14.7 Å². The number of aliphatic carboxylic acids is 1. The molecule has 4 heteroatoms. The highest BCUT2D eigenvalue weighted by atomic mass is 16.4. The first-order valence-electron chi connectivity index (χ1n) is 5.73. The summed E-state index contributed by atoms with van der Waals surface area (Å²) in [5.74, 6) is -0.993. The van der Waals surface area contributed by atoms with Gasteiger partial charge in [-0.25, -0.2) is 4.79 Å². The van der Waals surface area contributed by atoms with Crippen molar-refractivity contribution in [3.8, 4) is 0 Å². The van der Waals surface area contributed by atoms with Gasteiger partial charge < -0.3 is 10.0 Å². The molecule has 1 atom stereocenters. The van der Waals surface area contributed by atoms with Crippen LogP contribution in [0, 0.1) is 0 Å². The second kappa shape index (κ2) is 5.14. The van der Waals surface area contributed by atoms with Crippen molar-refractivity contribution >= 4 is 11.9 Å². The summed E-state index contributed by atoms with van der Waals surface area (Å²) in [6.45, 7) is 6.01. The van der Waals surface area contributed by atoms with Gasteiger partial charge in [0, 0.05) is 13.0 Å². The van der Waals surface area contributed by atoms with Crippen molar-refractivity contribution in [2.45, 2.75) is 44.6 Å². The van der Waals surface area contributed by atoms with Gasteiger partial charge in [-0.2, -0.15) is 0 Å². The summed E-state index contributed by atoms with van der Waals surface area (Å²) >= 11 is 0. The Hall–Kier alpha value is -1.32. The maximum atomic E-state index is 11.8. The monoisotopic (exact) mass is 225 g/mol. The van der Waals surface area contributed by atoms with Crippen LogP contribution in [0.2, 0.25) is 0 Å². The molecule has 4 nitrogen and oxygen atoms in total. The van der Waals surface area contributed by atoms with Crippen LogP contribution in [0.1, 0.15) is 39.0 Å². The van der Waals surface area contributed by atoms with Crippen LogP contribution in [0.3, 0.4) is 0 Å². The minimum Gasteiger partial charge on any atom is -0.479 e. The Morgan fingerprint density at radius 3 is 2.75 bits per heavy atom. The molecular weight excluding hydrogens is 206 g/mol. The predicted molar refractivity (Wildman–Crippen MR) is 61.0 cm³/mol. The average Bonchev–Trinajstić information content (AvgIpc) is 2.64. The fourth-order valence-electron chi connectivity index (χ4n) is 2.48. The smallest absolute Gasteiger partial charge is 0.329 e. The van der Waals surface area contributed by atoms with Gasteiger partial charge in [0.15, 0.2) is 0 Å². The third-order valence-corrected chi connectivity index (χ3v) is 3.17. The third-order valence-electron chi connectivity index (χ3n) is 3.17. The zero-order chi connectivity index (χ0) is 12.2. The molecule has 16 heavy (non-hydrogen) atoms. The number of hydrogen-bond acceptors (Lipinski definition) is 2. The number of likely N-dealkylation sites (tertiary alicyclic amines) is 1. The maximum absolute atomic E-state index is 11.8. The summed E-state index contributed by atoms with van der Waals surface area (Å²) in [4.78, 5) is 24.8. The van der Waals surface area contributed by atoms with Gasteiger partial charge in [0.05, 0.1) is 0 Å². The van der Waals surface area contributed by atoms with E-state index in [-0.39, 0.29) is 12.3 Å². The van der Waals surface area contributed by atoms with Crippen LogP contribution in [0.5, 0.6) is 0 Å². The molecule has 0 saturated carbocycles. The molecule has 1 aliphatic heterocycles. The lowest BCUT2D eigenvalue weighted by atomic mass is 9.90. The van der Waals surface area contributed by atoms with E-state index in [1.165, 1.54) is 11.0 Å². The number of amides is 1. The molecule has 1 amide bonds. The van der Waals surface area contributed by atoms with Crippen molar-refractivity contribution in [3.05, 3.63) is 12.7 Å². The molecule has 1 saturated heterocycles. The SMILES string of the molecule is C=CCC(=O)N1CCCC1(CCC)C(=O)O. The minimum atomic E-state index is -0.963. The van der Waals surface area contributed by atoms with Crippen molar-refractivity contribution < 1.29 is 14.7 Å². The number of rotatable bonds is 5. The number of carbonyl (C=O) groups excluding carboxylic acids is 1. The Morgan fingerprint density at radius 1 is 1.56 bits per heavy atom. The zero-order valence-electron chi connectivity index (χ0n) is 9.74. The lowest BCUT2D eigenvalue weighted by Gasteiger charge is -2.34. The molecule has 0 aromatic carbocycles. The Morgan fingerprint density at radius 2 is 2.25 bits per heavy atom. The van der Waals surface area contributed by atoms with Gasteiger partial charge >= 0.3 is 5.97 Å². The molecule has 1 heterocycles. The molecule has 0 aromatic heterocycles. The lowest BCUT2D eigenvalue weighted by molar-refractivity contribution is -0.156. The lowest BCUT2D eigenvalue weighted by Crippen LogP contribution is -2.52. The number of carbonyl (C=O) groups is 2. The molecule has 1 rings (SSSR count). The van der Waals surface area contributed by atoms with Crippen LogP contribution in [-0.4, -0.2) is 34.0 Å². The van der Waals surface area contributed by atoms with Crippen molar-refractivity contribution in [2.75, 3.05) is 6.54 Å². The van der Waals surface area contributed by atoms with E-state index in [1.54, 1.807) is 0 Å². The fourth-order valence-corrected chi connectivity index (χ4v) is 2.48. The first-order chi connectivity index (χ1) is 7.58. The number of hydrogen-bond donors (Lipinski definition) is 1. The van der Waals surface area contributed by atoms with E-state index in [0.29, 0.717) is 19.4 Å². The van der Waals surface area contributed by atoms with Crippen LogP contribution < -0.4 is 0 Å².